The predicted octanol–water partition coefficient (Wildman–Crippen LogP) is 3.19. The van der Waals surface area contributed by atoms with E-state index in [0.29, 0.717) is 25.1 Å². The third kappa shape index (κ3) is 4.97. The smallest absolute Gasteiger partial charge is 0.146 e. The minimum atomic E-state index is -0.103. The van der Waals surface area contributed by atoms with Gasteiger partial charge in [-0.3, -0.25) is 0 Å². The summed E-state index contributed by atoms with van der Waals surface area (Å²) in [6.45, 7) is 7.41. The van der Waals surface area contributed by atoms with Crippen LogP contribution in [-0.4, -0.2) is 32.8 Å². The predicted molar refractivity (Wildman–Crippen MR) is 85.2 cm³/mol. The Balaban J connectivity index is 2.00. The van der Waals surface area contributed by atoms with Gasteiger partial charge in [-0.1, -0.05) is 19.9 Å². The van der Waals surface area contributed by atoms with Crippen molar-refractivity contribution in [1.82, 2.24) is 5.32 Å². The molecule has 1 fully saturated rings. The van der Waals surface area contributed by atoms with Crippen LogP contribution in [0.25, 0.3) is 0 Å². The van der Waals surface area contributed by atoms with E-state index in [1.807, 2.05) is 12.1 Å². The summed E-state index contributed by atoms with van der Waals surface area (Å²) in [5, 5.41) is 3.24. The molecular weight excluding hydrogens is 267 g/mol. The lowest BCUT2D eigenvalue weighted by Crippen LogP contribution is -2.30. The first-order chi connectivity index (χ1) is 10.1. The molecule has 1 saturated carbocycles. The summed E-state index contributed by atoms with van der Waals surface area (Å²) in [5.74, 6) is 0.439. The van der Waals surface area contributed by atoms with Crippen LogP contribution in [0, 0.1) is 11.7 Å². The van der Waals surface area contributed by atoms with Crippen LogP contribution in [0.4, 0.5) is 10.1 Å². The Kier molecular flexibility index (Phi) is 6.00. The van der Waals surface area contributed by atoms with Crippen molar-refractivity contribution in [2.45, 2.75) is 39.3 Å². The van der Waals surface area contributed by atoms with Crippen LogP contribution >= 0.6 is 0 Å². The summed E-state index contributed by atoms with van der Waals surface area (Å²) in [5.41, 5.74) is 1.74. The fourth-order valence-corrected chi connectivity index (χ4v) is 2.52. The number of nitrogens with zero attached hydrogens (tertiary/aromatic N) is 1. The third-order valence-corrected chi connectivity index (χ3v) is 3.68. The highest BCUT2D eigenvalue weighted by Gasteiger charge is 2.30. The highest BCUT2D eigenvalue weighted by molar-refractivity contribution is 5.51. The zero-order valence-electron chi connectivity index (χ0n) is 13.4. The Bertz CT molecular complexity index is 446. The topological polar surface area (TPSA) is 24.5 Å². The van der Waals surface area contributed by atoms with Crippen molar-refractivity contribution in [2.24, 2.45) is 5.92 Å². The van der Waals surface area contributed by atoms with Gasteiger partial charge in [0, 0.05) is 32.8 Å². The minimum Gasteiger partial charge on any atom is -0.383 e. The van der Waals surface area contributed by atoms with Crippen LogP contribution < -0.4 is 10.2 Å². The average Bonchev–Trinajstić information content (AvgIpc) is 3.26. The standard InChI is InChI=1S/C17H27FN2O/c1-13(2)12-20(15-5-6-15)17-7-4-14(10-16(17)18)11-19-8-9-21-3/h4,7,10,13,15,19H,5-6,8-9,11-12H2,1-3H3. The van der Waals surface area contributed by atoms with Crippen LogP contribution in [0.2, 0.25) is 0 Å². The Hall–Kier alpha value is -1.13. The van der Waals surface area contributed by atoms with E-state index < -0.39 is 0 Å². The molecule has 0 spiro atoms. The molecule has 0 amide bonds. The number of nitrogens with one attached hydrogen (secondary N) is 1. The van der Waals surface area contributed by atoms with Crippen LogP contribution in [-0.2, 0) is 11.3 Å². The zero-order valence-corrected chi connectivity index (χ0v) is 13.4. The molecule has 2 rings (SSSR count). The molecule has 1 aliphatic rings. The first-order valence-electron chi connectivity index (χ1n) is 7.86. The van der Waals surface area contributed by atoms with Gasteiger partial charge in [-0.25, -0.2) is 4.39 Å². The van der Waals surface area contributed by atoms with E-state index in [4.69, 9.17) is 4.74 Å². The fourth-order valence-electron chi connectivity index (χ4n) is 2.52. The molecule has 4 heteroatoms. The first kappa shape index (κ1) is 16.2. The summed E-state index contributed by atoms with van der Waals surface area (Å²) in [6.07, 6.45) is 2.37. The molecule has 1 aromatic carbocycles. The van der Waals surface area contributed by atoms with Gasteiger partial charge in [0.15, 0.2) is 0 Å². The van der Waals surface area contributed by atoms with Crippen molar-refractivity contribution in [1.29, 1.82) is 0 Å². The molecule has 0 radical (unpaired) electrons. The number of ether oxygens (including phenoxy) is 1. The average molecular weight is 294 g/mol. The SMILES string of the molecule is COCCNCc1ccc(N(CC(C)C)C2CC2)c(F)c1. The molecule has 1 aliphatic carbocycles. The van der Waals surface area contributed by atoms with E-state index >= 15 is 0 Å². The van der Waals surface area contributed by atoms with Crippen molar-refractivity contribution in [3.8, 4) is 0 Å². The molecule has 0 unspecified atom stereocenters. The quantitative estimate of drug-likeness (QED) is 0.708. The van der Waals surface area contributed by atoms with Gasteiger partial charge in [0.25, 0.3) is 0 Å². The number of anilines is 1. The van der Waals surface area contributed by atoms with E-state index in [-0.39, 0.29) is 5.82 Å². The summed E-state index contributed by atoms with van der Waals surface area (Å²) >= 11 is 0. The lowest BCUT2D eigenvalue weighted by molar-refractivity contribution is 0.199. The van der Waals surface area contributed by atoms with Gasteiger partial charge < -0.3 is 15.0 Å². The van der Waals surface area contributed by atoms with Gasteiger partial charge in [0.05, 0.1) is 12.3 Å². The second kappa shape index (κ2) is 7.76. The molecule has 1 N–H and O–H groups in total. The van der Waals surface area contributed by atoms with Gasteiger partial charge in [0.1, 0.15) is 5.82 Å². The molecule has 0 aromatic heterocycles. The molecule has 0 aliphatic heterocycles. The monoisotopic (exact) mass is 294 g/mol. The van der Waals surface area contributed by atoms with Crippen molar-refractivity contribution >= 4 is 5.69 Å². The van der Waals surface area contributed by atoms with E-state index in [2.05, 4.69) is 24.1 Å². The van der Waals surface area contributed by atoms with Crippen molar-refractivity contribution in [3.05, 3.63) is 29.6 Å². The van der Waals surface area contributed by atoms with Crippen molar-refractivity contribution in [2.75, 3.05) is 31.7 Å². The lowest BCUT2D eigenvalue weighted by atomic mass is 10.1. The van der Waals surface area contributed by atoms with E-state index in [1.165, 1.54) is 12.8 Å². The van der Waals surface area contributed by atoms with Gasteiger partial charge in [-0.05, 0) is 36.5 Å². The normalized spacial score (nSPS) is 14.7. The number of methoxy groups -OCH3 is 1. The van der Waals surface area contributed by atoms with Crippen molar-refractivity contribution in [3.63, 3.8) is 0 Å². The molecule has 0 bridgehead atoms. The van der Waals surface area contributed by atoms with Gasteiger partial charge >= 0.3 is 0 Å². The van der Waals surface area contributed by atoms with Crippen LogP contribution in [0.15, 0.2) is 18.2 Å². The van der Waals surface area contributed by atoms with E-state index in [9.17, 15) is 4.39 Å². The molecule has 3 nitrogen and oxygen atoms in total. The third-order valence-electron chi connectivity index (χ3n) is 3.68. The Labute approximate surface area is 127 Å². The van der Waals surface area contributed by atoms with E-state index in [1.54, 1.807) is 13.2 Å². The summed E-state index contributed by atoms with van der Waals surface area (Å²) < 4.78 is 19.4. The zero-order chi connectivity index (χ0) is 15.2. The summed E-state index contributed by atoms with van der Waals surface area (Å²) in [7, 11) is 1.68. The molecule has 0 saturated heterocycles. The fraction of sp³-hybridized carbons (Fsp3) is 0.647. The maximum Gasteiger partial charge on any atom is 0.146 e. The van der Waals surface area contributed by atoms with Gasteiger partial charge in [-0.15, -0.1) is 0 Å². The maximum atomic E-state index is 14.4. The minimum absolute atomic E-state index is 0.103. The maximum absolute atomic E-state index is 14.4. The Morgan fingerprint density at radius 1 is 1.38 bits per heavy atom. The molecular formula is C17H27FN2O. The highest BCUT2D eigenvalue weighted by Crippen LogP contribution is 2.34. The van der Waals surface area contributed by atoms with Gasteiger partial charge in [-0.2, -0.15) is 0 Å². The first-order valence-corrected chi connectivity index (χ1v) is 7.86. The van der Waals surface area contributed by atoms with Crippen LogP contribution in [0.3, 0.4) is 0 Å². The largest absolute Gasteiger partial charge is 0.383 e. The van der Waals surface area contributed by atoms with Crippen molar-refractivity contribution < 1.29 is 9.13 Å². The number of hydrogen-bond acceptors (Lipinski definition) is 3. The lowest BCUT2D eigenvalue weighted by Gasteiger charge is -2.27. The van der Waals surface area contributed by atoms with Crippen LogP contribution in [0.1, 0.15) is 32.3 Å². The van der Waals surface area contributed by atoms with Gasteiger partial charge in [0.2, 0.25) is 0 Å². The number of hydrogen-bond donors (Lipinski definition) is 1. The summed E-state index contributed by atoms with van der Waals surface area (Å²) in [6, 6.07) is 6.15. The molecule has 118 valence electrons. The van der Waals surface area contributed by atoms with Crippen LogP contribution in [0.5, 0.6) is 0 Å². The number of rotatable bonds is 9. The number of benzene rings is 1. The second-order valence-corrected chi connectivity index (χ2v) is 6.23. The molecule has 21 heavy (non-hydrogen) atoms. The molecule has 1 aromatic rings. The Morgan fingerprint density at radius 2 is 2.14 bits per heavy atom. The second-order valence-electron chi connectivity index (χ2n) is 6.23. The molecule has 0 atom stereocenters. The Morgan fingerprint density at radius 3 is 2.71 bits per heavy atom. The molecule has 0 heterocycles. The number of halogens is 1. The summed E-state index contributed by atoms with van der Waals surface area (Å²) in [4.78, 5) is 2.24. The highest BCUT2D eigenvalue weighted by atomic mass is 19.1. The van der Waals surface area contributed by atoms with E-state index in [0.717, 1.165) is 24.3 Å².